The van der Waals surface area contributed by atoms with E-state index in [4.69, 9.17) is 15.2 Å². The van der Waals surface area contributed by atoms with Crippen molar-refractivity contribution in [1.29, 1.82) is 0 Å². The summed E-state index contributed by atoms with van der Waals surface area (Å²) >= 11 is 1.43. The molecule has 1 heterocycles. The van der Waals surface area contributed by atoms with Crippen molar-refractivity contribution >= 4 is 23.5 Å². The van der Waals surface area contributed by atoms with E-state index in [2.05, 4.69) is 4.98 Å². The molecule has 7 nitrogen and oxygen atoms in total. The summed E-state index contributed by atoms with van der Waals surface area (Å²) in [6.45, 7) is 1.15. The van der Waals surface area contributed by atoms with E-state index in [1.54, 1.807) is 16.6 Å². The van der Waals surface area contributed by atoms with Gasteiger partial charge >= 0.3 is 12.2 Å². The molecule has 0 aliphatic rings. The maximum absolute atomic E-state index is 12.3. The van der Waals surface area contributed by atoms with Crippen molar-refractivity contribution in [2.45, 2.75) is 19.6 Å². The van der Waals surface area contributed by atoms with E-state index in [-0.39, 0.29) is 13.2 Å². The van der Waals surface area contributed by atoms with Gasteiger partial charge in [0.05, 0.1) is 17.0 Å². The Hall–Kier alpha value is -2.61. The highest BCUT2D eigenvalue weighted by atomic mass is 32.1. The number of nitrogens with two attached hydrogens (primary N) is 1. The standard InChI is InChI=1S/C16H19N3O4S/c17-15(20)22-8-4-7-19(10-13-5-2-1-3-6-13)16(21)23-11-14-9-18-12-24-14/h1-3,5-6,9,12H,4,7-8,10-11H2,(H2,17,20). The molecule has 0 spiro atoms. The number of primary amides is 1. The number of carbonyl (C=O) groups excluding carboxylic acids is 2. The molecule has 0 aliphatic heterocycles. The summed E-state index contributed by atoms with van der Waals surface area (Å²) in [6, 6.07) is 9.60. The summed E-state index contributed by atoms with van der Waals surface area (Å²) < 4.78 is 10.0. The van der Waals surface area contributed by atoms with E-state index < -0.39 is 12.2 Å². The van der Waals surface area contributed by atoms with Crippen LogP contribution >= 0.6 is 11.3 Å². The Balaban J connectivity index is 1.89. The fraction of sp³-hybridized carbons (Fsp3) is 0.312. The van der Waals surface area contributed by atoms with Gasteiger partial charge in [-0.3, -0.25) is 4.98 Å². The second-order valence-electron chi connectivity index (χ2n) is 4.95. The molecule has 24 heavy (non-hydrogen) atoms. The highest BCUT2D eigenvalue weighted by molar-refractivity contribution is 7.09. The first kappa shape index (κ1) is 17.7. The van der Waals surface area contributed by atoms with Crippen LogP contribution in [0.25, 0.3) is 0 Å². The summed E-state index contributed by atoms with van der Waals surface area (Å²) in [7, 11) is 0. The Morgan fingerprint density at radius 2 is 2.00 bits per heavy atom. The van der Waals surface area contributed by atoms with E-state index in [1.165, 1.54) is 11.3 Å². The highest BCUT2D eigenvalue weighted by Gasteiger charge is 2.16. The fourth-order valence-electron chi connectivity index (χ4n) is 2.00. The summed E-state index contributed by atoms with van der Waals surface area (Å²) in [4.78, 5) is 29.3. The number of carbonyl (C=O) groups is 2. The molecule has 0 aliphatic carbocycles. The summed E-state index contributed by atoms with van der Waals surface area (Å²) in [5.74, 6) is 0. The number of hydrogen-bond acceptors (Lipinski definition) is 6. The van der Waals surface area contributed by atoms with Gasteiger partial charge in [-0.05, 0) is 12.0 Å². The van der Waals surface area contributed by atoms with Crippen LogP contribution in [0.5, 0.6) is 0 Å². The average molecular weight is 349 g/mol. The molecular formula is C16H19N3O4S. The molecule has 1 aromatic heterocycles. The van der Waals surface area contributed by atoms with Crippen LogP contribution in [-0.2, 0) is 22.6 Å². The molecule has 0 radical (unpaired) electrons. The number of thiazole rings is 1. The van der Waals surface area contributed by atoms with Gasteiger partial charge in [0.1, 0.15) is 6.61 Å². The first-order chi connectivity index (χ1) is 11.6. The number of ether oxygens (including phenoxy) is 2. The molecule has 0 fully saturated rings. The van der Waals surface area contributed by atoms with Crippen molar-refractivity contribution in [2.75, 3.05) is 13.2 Å². The number of benzene rings is 1. The van der Waals surface area contributed by atoms with Gasteiger partial charge in [0, 0.05) is 19.3 Å². The summed E-state index contributed by atoms with van der Waals surface area (Å²) in [5.41, 5.74) is 7.60. The predicted octanol–water partition coefficient (Wildman–Crippen LogP) is 2.77. The van der Waals surface area contributed by atoms with Crippen molar-refractivity contribution in [1.82, 2.24) is 9.88 Å². The lowest BCUT2D eigenvalue weighted by Crippen LogP contribution is -2.32. The molecular weight excluding hydrogens is 330 g/mol. The third kappa shape index (κ3) is 6.25. The van der Waals surface area contributed by atoms with Crippen LogP contribution in [0.15, 0.2) is 42.0 Å². The van der Waals surface area contributed by atoms with Gasteiger partial charge in [-0.2, -0.15) is 0 Å². The number of nitrogens with zero attached hydrogens (tertiary/aromatic N) is 2. The van der Waals surface area contributed by atoms with E-state index in [1.807, 2.05) is 30.3 Å². The second kappa shape index (κ2) is 9.51. The minimum Gasteiger partial charge on any atom is -0.450 e. The minimum absolute atomic E-state index is 0.156. The van der Waals surface area contributed by atoms with Crippen LogP contribution in [-0.4, -0.2) is 35.2 Å². The zero-order valence-corrected chi connectivity index (χ0v) is 13.9. The van der Waals surface area contributed by atoms with Crippen molar-refractivity contribution in [2.24, 2.45) is 5.73 Å². The lowest BCUT2D eigenvalue weighted by atomic mass is 10.2. The van der Waals surface area contributed by atoms with Crippen molar-refractivity contribution in [3.05, 3.63) is 52.5 Å². The number of amides is 2. The molecule has 0 atom stereocenters. The Labute approximate surface area is 144 Å². The van der Waals surface area contributed by atoms with Gasteiger partial charge in [-0.25, -0.2) is 9.59 Å². The molecule has 2 N–H and O–H groups in total. The molecule has 2 aromatic rings. The van der Waals surface area contributed by atoms with Crippen molar-refractivity contribution in [3.8, 4) is 0 Å². The first-order valence-corrected chi connectivity index (χ1v) is 8.28. The third-order valence-corrected chi connectivity index (χ3v) is 3.87. The Morgan fingerprint density at radius 3 is 2.67 bits per heavy atom. The average Bonchev–Trinajstić information content (AvgIpc) is 3.09. The van der Waals surface area contributed by atoms with Crippen LogP contribution < -0.4 is 5.73 Å². The van der Waals surface area contributed by atoms with Gasteiger partial charge in [0.2, 0.25) is 0 Å². The number of hydrogen-bond donors (Lipinski definition) is 1. The topological polar surface area (TPSA) is 94.8 Å². The van der Waals surface area contributed by atoms with E-state index in [0.717, 1.165) is 10.4 Å². The second-order valence-corrected chi connectivity index (χ2v) is 5.92. The number of rotatable bonds is 8. The molecule has 2 rings (SSSR count). The van der Waals surface area contributed by atoms with Crippen molar-refractivity contribution in [3.63, 3.8) is 0 Å². The van der Waals surface area contributed by atoms with Gasteiger partial charge < -0.3 is 20.1 Å². The van der Waals surface area contributed by atoms with Crippen LogP contribution in [0, 0.1) is 0 Å². The Morgan fingerprint density at radius 1 is 1.21 bits per heavy atom. The lowest BCUT2D eigenvalue weighted by molar-refractivity contribution is 0.0903. The molecule has 0 unspecified atom stereocenters. The van der Waals surface area contributed by atoms with Crippen molar-refractivity contribution < 1.29 is 19.1 Å². The molecule has 0 saturated heterocycles. The third-order valence-electron chi connectivity index (χ3n) is 3.11. The van der Waals surface area contributed by atoms with E-state index in [0.29, 0.717) is 19.5 Å². The van der Waals surface area contributed by atoms with Crippen LogP contribution in [0.3, 0.4) is 0 Å². The minimum atomic E-state index is -0.822. The lowest BCUT2D eigenvalue weighted by Gasteiger charge is -2.22. The van der Waals surface area contributed by atoms with Crippen LogP contribution in [0.1, 0.15) is 16.9 Å². The van der Waals surface area contributed by atoms with Crippen LogP contribution in [0.4, 0.5) is 9.59 Å². The molecule has 128 valence electrons. The molecule has 0 bridgehead atoms. The van der Waals surface area contributed by atoms with Gasteiger partial charge in [0.25, 0.3) is 0 Å². The Bertz CT molecular complexity index is 634. The predicted molar refractivity (Wildman–Crippen MR) is 89.3 cm³/mol. The zero-order valence-electron chi connectivity index (χ0n) is 13.1. The normalized spacial score (nSPS) is 10.2. The van der Waals surface area contributed by atoms with Gasteiger partial charge in [-0.15, -0.1) is 11.3 Å². The summed E-state index contributed by atoms with van der Waals surface area (Å²) in [6.07, 6.45) is 0.898. The zero-order chi connectivity index (χ0) is 17.2. The fourth-order valence-corrected chi connectivity index (χ4v) is 2.51. The largest absolute Gasteiger partial charge is 0.450 e. The molecule has 0 saturated carbocycles. The summed E-state index contributed by atoms with van der Waals surface area (Å²) in [5, 5.41) is 0. The first-order valence-electron chi connectivity index (χ1n) is 7.40. The molecule has 2 amide bonds. The van der Waals surface area contributed by atoms with Gasteiger partial charge in [0.15, 0.2) is 0 Å². The highest BCUT2D eigenvalue weighted by Crippen LogP contribution is 2.11. The van der Waals surface area contributed by atoms with E-state index >= 15 is 0 Å². The maximum atomic E-state index is 12.3. The number of aromatic nitrogens is 1. The quantitative estimate of drug-likeness (QED) is 0.740. The van der Waals surface area contributed by atoms with Crippen LogP contribution in [0.2, 0.25) is 0 Å². The molecule has 1 aromatic carbocycles. The van der Waals surface area contributed by atoms with E-state index in [9.17, 15) is 9.59 Å². The SMILES string of the molecule is NC(=O)OCCCN(Cc1ccccc1)C(=O)OCc1cncs1. The molecule has 8 heteroatoms. The monoisotopic (exact) mass is 349 g/mol. The smallest absolute Gasteiger partial charge is 0.410 e. The van der Waals surface area contributed by atoms with Gasteiger partial charge in [-0.1, -0.05) is 30.3 Å². The Kier molecular flexibility index (Phi) is 7.03. The maximum Gasteiger partial charge on any atom is 0.410 e.